The average molecular weight is 291 g/mol. The molecule has 21 heavy (non-hydrogen) atoms. The summed E-state index contributed by atoms with van der Waals surface area (Å²) in [6.45, 7) is 0. The van der Waals surface area contributed by atoms with Crippen molar-refractivity contribution in [2.75, 3.05) is 0 Å². The number of phenols is 1. The van der Waals surface area contributed by atoms with Crippen LogP contribution >= 0.6 is 0 Å². The van der Waals surface area contributed by atoms with Crippen LogP contribution in [-0.2, 0) is 9.59 Å². The maximum Gasteiger partial charge on any atom is 0.328 e. The fourth-order valence-corrected chi connectivity index (χ4v) is 1.17. The predicted molar refractivity (Wildman–Crippen MR) is 75.9 cm³/mol. The van der Waals surface area contributed by atoms with E-state index in [0.29, 0.717) is 6.08 Å². The lowest BCUT2D eigenvalue weighted by Crippen LogP contribution is -2.37. The molecule has 1 aromatic rings. The van der Waals surface area contributed by atoms with Gasteiger partial charge in [-0.15, -0.1) is 0 Å². The number of benzene rings is 1. The Bertz CT molecular complexity index is 636. The van der Waals surface area contributed by atoms with E-state index in [1.165, 1.54) is 12.1 Å². The molecule has 0 fully saturated rings. The van der Waals surface area contributed by atoms with Crippen LogP contribution in [-0.4, -0.2) is 34.0 Å². The molecule has 9 nitrogen and oxygen atoms in total. The molecule has 1 amide bonds. The highest BCUT2D eigenvalue weighted by molar-refractivity contribution is 6.06. The van der Waals surface area contributed by atoms with E-state index < -0.39 is 11.9 Å². The van der Waals surface area contributed by atoms with Crippen molar-refractivity contribution in [1.29, 1.82) is 0 Å². The lowest BCUT2D eigenvalue weighted by atomic mass is 10.3. The molecule has 0 heterocycles. The minimum absolute atomic E-state index is 0.0948. The van der Waals surface area contributed by atoms with Crippen LogP contribution in [0.15, 0.2) is 46.4 Å². The molecular weight excluding hydrogens is 278 g/mol. The normalized spacial score (nSPS) is 12.4. The van der Waals surface area contributed by atoms with Crippen LogP contribution in [0.1, 0.15) is 0 Å². The second kappa shape index (κ2) is 7.28. The van der Waals surface area contributed by atoms with Crippen molar-refractivity contribution in [2.24, 2.45) is 21.5 Å². The highest BCUT2D eigenvalue weighted by Gasteiger charge is 2.02. The molecule has 0 aliphatic heterocycles. The van der Waals surface area contributed by atoms with Gasteiger partial charge < -0.3 is 21.7 Å². The number of nitrogens with zero attached hydrogens (tertiary/aromatic N) is 2. The molecule has 9 heteroatoms. The Morgan fingerprint density at radius 1 is 1.19 bits per heavy atom. The van der Waals surface area contributed by atoms with Gasteiger partial charge in [-0.25, -0.2) is 9.79 Å². The maximum absolute atomic E-state index is 11.2. The Labute approximate surface area is 119 Å². The van der Waals surface area contributed by atoms with Gasteiger partial charge in [-0.1, -0.05) is 12.1 Å². The van der Waals surface area contributed by atoms with Crippen molar-refractivity contribution >= 4 is 29.5 Å². The SMILES string of the molecule is NC(=Nc1ccccc1O)N=C(N)NC(=O)C=CC(=O)O. The Morgan fingerprint density at radius 2 is 1.86 bits per heavy atom. The quantitative estimate of drug-likeness (QED) is 0.284. The zero-order valence-electron chi connectivity index (χ0n) is 10.7. The first-order valence-corrected chi connectivity index (χ1v) is 5.57. The van der Waals surface area contributed by atoms with Crippen LogP contribution in [0.2, 0.25) is 0 Å². The third kappa shape index (κ3) is 5.87. The summed E-state index contributed by atoms with van der Waals surface area (Å²) in [5.41, 5.74) is 11.1. The monoisotopic (exact) mass is 291 g/mol. The average Bonchev–Trinajstić information content (AvgIpc) is 2.38. The van der Waals surface area contributed by atoms with Crippen molar-refractivity contribution in [1.82, 2.24) is 5.32 Å². The van der Waals surface area contributed by atoms with Crippen molar-refractivity contribution in [3.8, 4) is 5.75 Å². The summed E-state index contributed by atoms with van der Waals surface area (Å²) in [5.74, 6) is -2.82. The summed E-state index contributed by atoms with van der Waals surface area (Å²) in [6, 6.07) is 6.16. The van der Waals surface area contributed by atoms with Crippen LogP contribution in [0, 0.1) is 0 Å². The number of hydrogen-bond acceptors (Lipinski definition) is 4. The van der Waals surface area contributed by atoms with Crippen molar-refractivity contribution in [2.45, 2.75) is 0 Å². The van der Waals surface area contributed by atoms with E-state index in [0.717, 1.165) is 6.08 Å². The topological polar surface area (TPSA) is 163 Å². The van der Waals surface area contributed by atoms with Crippen LogP contribution in [0.4, 0.5) is 5.69 Å². The number of aliphatic carboxylic acids is 1. The Kier molecular flexibility index (Phi) is 5.44. The summed E-state index contributed by atoms with van der Waals surface area (Å²) in [6.07, 6.45) is 1.41. The molecule has 110 valence electrons. The van der Waals surface area contributed by atoms with E-state index in [4.69, 9.17) is 16.6 Å². The van der Waals surface area contributed by atoms with E-state index >= 15 is 0 Å². The van der Waals surface area contributed by atoms with Gasteiger partial charge in [0.05, 0.1) is 0 Å². The number of hydrogen-bond donors (Lipinski definition) is 5. The van der Waals surface area contributed by atoms with Crippen LogP contribution < -0.4 is 16.8 Å². The molecule has 0 aromatic heterocycles. The number of para-hydroxylation sites is 2. The van der Waals surface area contributed by atoms with E-state index in [-0.39, 0.29) is 23.4 Å². The second-order valence-electron chi connectivity index (χ2n) is 3.62. The molecule has 0 atom stereocenters. The van der Waals surface area contributed by atoms with Crippen LogP contribution in [0.5, 0.6) is 5.75 Å². The van der Waals surface area contributed by atoms with Crippen LogP contribution in [0.25, 0.3) is 0 Å². The summed E-state index contributed by atoms with van der Waals surface area (Å²) < 4.78 is 0. The summed E-state index contributed by atoms with van der Waals surface area (Å²) in [5, 5.41) is 19.9. The van der Waals surface area contributed by atoms with Gasteiger partial charge in [0.2, 0.25) is 11.9 Å². The zero-order chi connectivity index (χ0) is 15.8. The van der Waals surface area contributed by atoms with Gasteiger partial charge in [-0.2, -0.15) is 4.99 Å². The number of aromatic hydroxyl groups is 1. The molecule has 0 aliphatic carbocycles. The number of amides is 1. The van der Waals surface area contributed by atoms with E-state index in [1.807, 2.05) is 0 Å². The number of nitrogens with one attached hydrogen (secondary N) is 1. The fourth-order valence-electron chi connectivity index (χ4n) is 1.17. The zero-order valence-corrected chi connectivity index (χ0v) is 10.7. The number of nitrogens with two attached hydrogens (primary N) is 2. The smallest absolute Gasteiger partial charge is 0.328 e. The summed E-state index contributed by atoms with van der Waals surface area (Å²) in [4.78, 5) is 28.8. The number of carboxylic acids is 1. The first-order chi connectivity index (χ1) is 9.88. The number of carboxylic acid groups (broad SMARTS) is 1. The third-order valence-electron chi connectivity index (χ3n) is 1.98. The molecule has 0 saturated heterocycles. The predicted octanol–water partition coefficient (Wildman–Crippen LogP) is -0.590. The summed E-state index contributed by atoms with van der Waals surface area (Å²) >= 11 is 0. The van der Waals surface area contributed by atoms with Gasteiger partial charge in [0.25, 0.3) is 5.91 Å². The molecule has 0 spiro atoms. The Balaban J connectivity index is 2.75. The maximum atomic E-state index is 11.2. The number of aliphatic imine (C=N–C) groups is 2. The third-order valence-corrected chi connectivity index (χ3v) is 1.98. The second-order valence-corrected chi connectivity index (χ2v) is 3.62. The van der Waals surface area contributed by atoms with E-state index in [9.17, 15) is 14.7 Å². The largest absolute Gasteiger partial charge is 0.506 e. The minimum Gasteiger partial charge on any atom is -0.506 e. The lowest BCUT2D eigenvalue weighted by molar-refractivity contribution is -0.131. The molecule has 0 bridgehead atoms. The standard InChI is InChI=1S/C12H13N5O4/c13-11(15-7-3-1-2-4-8(7)18)17-12(14)16-9(19)5-6-10(20)21/h1-6,18H,(H,20,21)(H5,13,14,15,16,17,19). The molecule has 1 rings (SSSR count). The molecule has 0 unspecified atom stereocenters. The van der Waals surface area contributed by atoms with E-state index in [1.54, 1.807) is 12.1 Å². The number of guanidine groups is 2. The number of phenolic OH excluding ortho intramolecular Hbond substituents is 1. The highest BCUT2D eigenvalue weighted by Crippen LogP contribution is 2.24. The van der Waals surface area contributed by atoms with Crippen molar-refractivity contribution in [3.63, 3.8) is 0 Å². The summed E-state index contributed by atoms with van der Waals surface area (Å²) in [7, 11) is 0. The first kappa shape index (κ1) is 15.7. The highest BCUT2D eigenvalue weighted by atomic mass is 16.4. The van der Waals surface area contributed by atoms with Gasteiger partial charge in [-0.05, 0) is 12.1 Å². The molecule has 7 N–H and O–H groups in total. The Hall–Kier alpha value is -3.36. The first-order valence-electron chi connectivity index (χ1n) is 5.57. The van der Waals surface area contributed by atoms with Crippen molar-refractivity contribution in [3.05, 3.63) is 36.4 Å². The number of carbonyl (C=O) groups is 2. The molecule has 0 saturated carbocycles. The molecule has 1 aromatic carbocycles. The molecular formula is C12H13N5O4. The Morgan fingerprint density at radius 3 is 2.48 bits per heavy atom. The number of rotatable bonds is 3. The van der Waals surface area contributed by atoms with Gasteiger partial charge in [0.1, 0.15) is 11.4 Å². The fraction of sp³-hybridized carbons (Fsp3) is 0. The van der Waals surface area contributed by atoms with E-state index in [2.05, 4.69) is 15.3 Å². The van der Waals surface area contributed by atoms with Gasteiger partial charge in [-0.3, -0.25) is 10.1 Å². The number of carbonyl (C=O) groups excluding carboxylic acids is 1. The molecule has 0 aliphatic rings. The minimum atomic E-state index is -1.28. The lowest BCUT2D eigenvalue weighted by Gasteiger charge is -2.01. The van der Waals surface area contributed by atoms with Gasteiger partial charge in [0.15, 0.2) is 0 Å². The van der Waals surface area contributed by atoms with Gasteiger partial charge in [0, 0.05) is 12.2 Å². The van der Waals surface area contributed by atoms with Crippen LogP contribution in [0.3, 0.4) is 0 Å². The molecule has 0 radical (unpaired) electrons. The van der Waals surface area contributed by atoms with Crippen molar-refractivity contribution < 1.29 is 19.8 Å². The van der Waals surface area contributed by atoms with Gasteiger partial charge >= 0.3 is 5.97 Å².